The Hall–Kier alpha value is -2.52. The number of nitrogens with one attached hydrogen (secondary N) is 1. The van der Waals surface area contributed by atoms with Gasteiger partial charge in [0.1, 0.15) is 5.75 Å². The minimum absolute atomic E-state index is 0.0984. The molecule has 0 fully saturated rings. The molecule has 1 aromatic carbocycles. The summed E-state index contributed by atoms with van der Waals surface area (Å²) in [6.45, 7) is 0. The second-order valence-corrected chi connectivity index (χ2v) is 5.12. The van der Waals surface area contributed by atoms with E-state index < -0.39 is 22.1 Å². The molecule has 0 saturated heterocycles. The van der Waals surface area contributed by atoms with Crippen LogP contribution >= 0.6 is 23.2 Å². The van der Waals surface area contributed by atoms with Gasteiger partial charge in [0.05, 0.1) is 10.5 Å². The van der Waals surface area contributed by atoms with E-state index in [-0.39, 0.29) is 22.2 Å². The molecule has 0 aliphatic carbocycles. The van der Waals surface area contributed by atoms with Gasteiger partial charge in [-0.3, -0.25) is 14.9 Å². The predicted octanol–water partition coefficient (Wildman–Crippen LogP) is 4.06. The van der Waals surface area contributed by atoms with E-state index in [2.05, 4.69) is 26.6 Å². The first-order valence-electron chi connectivity index (χ1n) is 6.13. The predicted molar refractivity (Wildman–Crippen MR) is 81.7 cm³/mol. The van der Waals surface area contributed by atoms with Crippen molar-refractivity contribution in [2.24, 2.45) is 0 Å². The summed E-state index contributed by atoms with van der Waals surface area (Å²) in [6, 6.07) is 5.86. The highest BCUT2D eigenvalue weighted by Gasteiger charge is 2.27. The molecule has 11 heteroatoms. The highest BCUT2D eigenvalue weighted by molar-refractivity contribution is 6.31. The highest BCUT2D eigenvalue weighted by atomic mass is 35.5. The van der Waals surface area contributed by atoms with Crippen LogP contribution in [0.5, 0.6) is 5.75 Å². The Bertz CT molecular complexity index is 782. The van der Waals surface area contributed by atoms with Gasteiger partial charge in [-0.2, -0.15) is 0 Å². The van der Waals surface area contributed by atoms with Crippen LogP contribution in [-0.4, -0.2) is 21.4 Å². The lowest BCUT2D eigenvalue weighted by molar-refractivity contribution is -0.385. The largest absolute Gasteiger partial charge is 0.487 e. The molecule has 0 aliphatic rings. The summed E-state index contributed by atoms with van der Waals surface area (Å²) in [7, 11) is 0. The zero-order valence-corrected chi connectivity index (χ0v) is 13.0. The van der Waals surface area contributed by atoms with E-state index >= 15 is 0 Å². The molecular weight excluding hydrogens is 371 g/mol. The summed E-state index contributed by atoms with van der Waals surface area (Å²) in [5, 5.41) is 12.8. The average Bonchev–Trinajstić information content (AvgIpc) is 2.48. The lowest BCUT2D eigenvalue weighted by Gasteiger charge is -2.11. The van der Waals surface area contributed by atoms with E-state index in [1.54, 1.807) is 0 Å². The van der Waals surface area contributed by atoms with Crippen molar-refractivity contribution in [3.8, 4) is 5.75 Å². The summed E-state index contributed by atoms with van der Waals surface area (Å²) in [4.78, 5) is 25.6. The number of alkyl halides is 3. The molecule has 0 aliphatic heterocycles. The van der Waals surface area contributed by atoms with Crippen LogP contribution in [0.4, 0.5) is 20.2 Å². The quantitative estimate of drug-likeness (QED) is 0.366. The molecule has 1 N–H and O–H groups in total. The number of hydrogen-bond acceptors (Lipinski definition) is 5. The van der Waals surface area contributed by atoms with Crippen LogP contribution in [0.1, 0.15) is 10.4 Å². The molecule has 1 heterocycles. The molecular formula is C13H7Cl2F2N3O4. The standard InChI is InChI=1S/C13H7Cl2F2N3O4/c14-11-10(20(22)23)5-7(6-18-11)12(21)19-8-1-3-9(4-2-8)24-13(15,16)17/h1-6H,(H,19,21). The number of nitro groups is 1. The van der Waals surface area contributed by atoms with E-state index in [4.69, 9.17) is 11.6 Å². The number of carbonyl (C=O) groups is 1. The molecule has 0 atom stereocenters. The van der Waals surface area contributed by atoms with Gasteiger partial charge < -0.3 is 10.1 Å². The number of anilines is 1. The number of amides is 1. The van der Waals surface area contributed by atoms with Gasteiger partial charge >= 0.3 is 11.3 Å². The van der Waals surface area contributed by atoms with Crippen LogP contribution < -0.4 is 10.1 Å². The Morgan fingerprint density at radius 3 is 2.50 bits per heavy atom. The summed E-state index contributed by atoms with van der Waals surface area (Å²) < 4.78 is 29.1. The maximum absolute atomic E-state index is 12.5. The van der Waals surface area contributed by atoms with E-state index in [1.165, 1.54) is 12.1 Å². The van der Waals surface area contributed by atoms with Crippen molar-refractivity contribution in [2.45, 2.75) is 5.57 Å². The number of carbonyl (C=O) groups excluding carboxylic acids is 1. The first-order valence-corrected chi connectivity index (χ1v) is 6.88. The van der Waals surface area contributed by atoms with Crippen LogP contribution in [0.2, 0.25) is 5.15 Å². The topological polar surface area (TPSA) is 94.4 Å². The van der Waals surface area contributed by atoms with Gasteiger partial charge in [-0.15, -0.1) is 8.78 Å². The Morgan fingerprint density at radius 1 is 1.33 bits per heavy atom. The maximum atomic E-state index is 12.5. The van der Waals surface area contributed by atoms with Crippen molar-refractivity contribution in [3.63, 3.8) is 0 Å². The van der Waals surface area contributed by atoms with Gasteiger partial charge in [0, 0.05) is 29.6 Å². The third-order valence-electron chi connectivity index (χ3n) is 2.63. The van der Waals surface area contributed by atoms with Crippen molar-refractivity contribution in [1.29, 1.82) is 0 Å². The minimum atomic E-state index is -3.85. The van der Waals surface area contributed by atoms with E-state index in [1.807, 2.05) is 0 Å². The zero-order chi connectivity index (χ0) is 17.9. The molecule has 24 heavy (non-hydrogen) atoms. The highest BCUT2D eigenvalue weighted by Crippen LogP contribution is 2.26. The fourth-order valence-electron chi connectivity index (χ4n) is 1.63. The van der Waals surface area contributed by atoms with E-state index in [9.17, 15) is 23.7 Å². The van der Waals surface area contributed by atoms with Gasteiger partial charge in [-0.1, -0.05) is 11.6 Å². The van der Waals surface area contributed by atoms with Crippen LogP contribution in [0.15, 0.2) is 36.5 Å². The molecule has 0 spiro atoms. The summed E-state index contributed by atoms with van der Waals surface area (Å²) in [5.41, 5.74) is -4.22. The second-order valence-electron chi connectivity index (χ2n) is 4.32. The molecule has 0 unspecified atom stereocenters. The van der Waals surface area contributed by atoms with E-state index in [0.717, 1.165) is 24.4 Å². The Morgan fingerprint density at radius 2 is 1.96 bits per heavy atom. The van der Waals surface area contributed by atoms with Gasteiger partial charge in [0.2, 0.25) is 5.15 Å². The fraction of sp³-hybridized carbons (Fsp3) is 0.0769. The summed E-state index contributed by atoms with van der Waals surface area (Å²) in [6.07, 6.45) is 1.07. The Labute approximate surface area is 143 Å². The first-order chi connectivity index (χ1) is 11.2. The molecule has 7 nitrogen and oxygen atoms in total. The number of aromatic nitrogens is 1. The van der Waals surface area contributed by atoms with Gasteiger partial charge in [0.25, 0.3) is 5.91 Å². The SMILES string of the molecule is O=C(Nc1ccc(OC(F)(F)Cl)cc1)c1cnc(Cl)c([N+](=O)[O-])c1. The number of hydrogen-bond donors (Lipinski definition) is 1. The smallest absolute Gasteiger partial charge is 0.420 e. The third-order valence-corrected chi connectivity index (χ3v) is 2.99. The zero-order valence-electron chi connectivity index (χ0n) is 11.5. The molecule has 2 aromatic rings. The van der Waals surface area contributed by atoms with Crippen LogP contribution in [0, 0.1) is 10.1 Å². The van der Waals surface area contributed by atoms with Crippen LogP contribution in [0.3, 0.4) is 0 Å². The van der Waals surface area contributed by atoms with E-state index in [0.29, 0.717) is 0 Å². The average molecular weight is 378 g/mol. The van der Waals surface area contributed by atoms with Crippen LogP contribution in [-0.2, 0) is 0 Å². The summed E-state index contributed by atoms with van der Waals surface area (Å²) >= 11 is 10.2. The van der Waals surface area contributed by atoms with Crippen LogP contribution in [0.25, 0.3) is 0 Å². The first kappa shape index (κ1) is 17.8. The Balaban J connectivity index is 2.12. The number of ether oxygens (including phenoxy) is 1. The summed E-state index contributed by atoms with van der Waals surface area (Å²) in [5.74, 6) is -0.907. The fourth-order valence-corrected chi connectivity index (χ4v) is 1.89. The van der Waals surface area contributed by atoms with Gasteiger partial charge in [-0.05, 0) is 24.3 Å². The molecule has 0 bridgehead atoms. The number of pyridine rings is 1. The number of rotatable bonds is 5. The second kappa shape index (κ2) is 6.93. The number of halogens is 4. The Kier molecular flexibility index (Phi) is 5.15. The molecule has 1 amide bonds. The third kappa shape index (κ3) is 4.74. The maximum Gasteiger partial charge on any atom is 0.487 e. The molecule has 0 radical (unpaired) electrons. The minimum Gasteiger partial charge on any atom is -0.420 e. The van der Waals surface area contributed by atoms with Crippen molar-refractivity contribution >= 4 is 40.5 Å². The van der Waals surface area contributed by atoms with Gasteiger partial charge in [0.15, 0.2) is 0 Å². The molecule has 0 saturated carbocycles. The molecule has 2 rings (SSSR count). The van der Waals surface area contributed by atoms with Gasteiger partial charge in [-0.25, -0.2) is 4.98 Å². The number of nitrogens with zero attached hydrogens (tertiary/aromatic N) is 2. The normalized spacial score (nSPS) is 11.0. The van der Waals surface area contributed by atoms with Crippen molar-refractivity contribution in [2.75, 3.05) is 5.32 Å². The van der Waals surface area contributed by atoms with Crippen molar-refractivity contribution in [3.05, 3.63) is 57.4 Å². The lowest BCUT2D eigenvalue weighted by Crippen LogP contribution is -2.16. The lowest BCUT2D eigenvalue weighted by atomic mass is 10.2. The van der Waals surface area contributed by atoms with Crippen molar-refractivity contribution < 1.29 is 23.2 Å². The van der Waals surface area contributed by atoms with Crippen molar-refractivity contribution in [1.82, 2.24) is 4.98 Å². The molecule has 1 aromatic heterocycles. The molecule has 126 valence electrons. The monoisotopic (exact) mass is 377 g/mol. The number of benzene rings is 1.